The highest BCUT2D eigenvalue weighted by molar-refractivity contribution is 5.83. The van der Waals surface area contributed by atoms with Crippen LogP contribution in [-0.4, -0.2) is 36.1 Å². The Morgan fingerprint density at radius 1 is 1.13 bits per heavy atom. The summed E-state index contributed by atoms with van der Waals surface area (Å²) >= 11 is 0. The number of hydrogen-bond donors (Lipinski definition) is 0. The topological polar surface area (TPSA) is 29.5 Å². The molecule has 1 saturated heterocycles. The van der Waals surface area contributed by atoms with Crippen LogP contribution in [0.1, 0.15) is 39.0 Å². The molecule has 2 spiro atoms. The second kappa shape index (κ2) is 5.79. The van der Waals surface area contributed by atoms with E-state index in [2.05, 4.69) is 67.5 Å². The van der Waals surface area contributed by atoms with Gasteiger partial charge in [-0.1, -0.05) is 68.4 Å². The largest absolute Gasteiger partial charge is 0.468 e. The lowest BCUT2D eigenvalue weighted by Gasteiger charge is -2.61. The average molecular weight is 313 g/mol. The highest BCUT2D eigenvalue weighted by Crippen LogP contribution is 2.52. The molecule has 0 aromatic heterocycles. The van der Waals surface area contributed by atoms with E-state index in [4.69, 9.17) is 4.74 Å². The third kappa shape index (κ3) is 2.42. The Balaban J connectivity index is 1.82. The SMILES string of the molecule is CCCCC1(C(=O)OC)CC2(C=CC3(C=CCC=C3)C=C2)N1C. The Hall–Kier alpha value is -1.61. The maximum absolute atomic E-state index is 12.4. The van der Waals surface area contributed by atoms with Gasteiger partial charge in [-0.2, -0.15) is 0 Å². The van der Waals surface area contributed by atoms with Gasteiger partial charge in [0.05, 0.1) is 12.6 Å². The molecule has 124 valence electrons. The number of methoxy groups -OCH3 is 1. The van der Waals surface area contributed by atoms with E-state index in [9.17, 15) is 4.79 Å². The molecule has 1 aliphatic heterocycles. The molecule has 0 amide bonds. The van der Waals surface area contributed by atoms with Crippen LogP contribution in [0.15, 0.2) is 48.6 Å². The van der Waals surface area contributed by atoms with Crippen molar-refractivity contribution in [1.82, 2.24) is 4.90 Å². The van der Waals surface area contributed by atoms with Gasteiger partial charge in [-0.3, -0.25) is 9.69 Å². The highest BCUT2D eigenvalue weighted by Gasteiger charge is 2.62. The maximum Gasteiger partial charge on any atom is 0.326 e. The highest BCUT2D eigenvalue weighted by atomic mass is 16.5. The number of likely N-dealkylation sites (N-methyl/N-ethyl adjacent to an activating group) is 1. The summed E-state index contributed by atoms with van der Waals surface area (Å²) in [6.07, 6.45) is 22.8. The Morgan fingerprint density at radius 2 is 1.78 bits per heavy atom. The van der Waals surface area contributed by atoms with Crippen LogP contribution in [0.5, 0.6) is 0 Å². The zero-order chi connectivity index (χ0) is 16.6. The van der Waals surface area contributed by atoms with Crippen molar-refractivity contribution in [3.63, 3.8) is 0 Å². The van der Waals surface area contributed by atoms with Crippen molar-refractivity contribution in [2.24, 2.45) is 5.41 Å². The first-order valence-electron chi connectivity index (χ1n) is 8.61. The first-order valence-corrected chi connectivity index (χ1v) is 8.61. The minimum absolute atomic E-state index is 0.0721. The minimum Gasteiger partial charge on any atom is -0.468 e. The van der Waals surface area contributed by atoms with Crippen LogP contribution in [0, 0.1) is 5.41 Å². The number of allylic oxidation sites excluding steroid dienone is 6. The lowest BCUT2D eigenvalue weighted by Crippen LogP contribution is -2.74. The first kappa shape index (κ1) is 16.3. The van der Waals surface area contributed by atoms with Gasteiger partial charge in [-0.15, -0.1) is 0 Å². The molecule has 1 heterocycles. The normalized spacial score (nSPS) is 29.9. The fourth-order valence-corrected chi connectivity index (χ4v) is 4.17. The fraction of sp³-hybridized carbons (Fsp3) is 0.550. The smallest absolute Gasteiger partial charge is 0.326 e. The van der Waals surface area contributed by atoms with Gasteiger partial charge in [0.25, 0.3) is 0 Å². The third-order valence-electron chi connectivity index (χ3n) is 5.76. The third-order valence-corrected chi connectivity index (χ3v) is 5.76. The van der Waals surface area contributed by atoms with E-state index in [1.165, 1.54) is 7.11 Å². The summed E-state index contributed by atoms with van der Waals surface area (Å²) in [5.74, 6) is -0.0985. The number of ether oxygens (including phenoxy) is 1. The Kier molecular flexibility index (Phi) is 4.09. The van der Waals surface area contributed by atoms with E-state index >= 15 is 0 Å². The van der Waals surface area contributed by atoms with Gasteiger partial charge in [0, 0.05) is 11.8 Å². The molecule has 1 unspecified atom stereocenters. The van der Waals surface area contributed by atoms with Crippen molar-refractivity contribution in [3.8, 4) is 0 Å². The second-order valence-corrected chi connectivity index (χ2v) is 7.06. The summed E-state index contributed by atoms with van der Waals surface area (Å²) in [4.78, 5) is 14.6. The second-order valence-electron chi connectivity index (χ2n) is 7.06. The minimum atomic E-state index is -0.470. The van der Waals surface area contributed by atoms with Crippen LogP contribution in [0.2, 0.25) is 0 Å². The van der Waals surface area contributed by atoms with E-state index in [-0.39, 0.29) is 16.9 Å². The van der Waals surface area contributed by atoms with Crippen molar-refractivity contribution in [1.29, 1.82) is 0 Å². The predicted molar refractivity (Wildman–Crippen MR) is 93.0 cm³/mol. The van der Waals surface area contributed by atoms with Gasteiger partial charge < -0.3 is 4.74 Å². The van der Waals surface area contributed by atoms with Gasteiger partial charge in [-0.25, -0.2) is 0 Å². The zero-order valence-electron chi connectivity index (χ0n) is 14.4. The van der Waals surface area contributed by atoms with Crippen LogP contribution in [-0.2, 0) is 9.53 Å². The lowest BCUT2D eigenvalue weighted by atomic mass is 9.63. The monoisotopic (exact) mass is 313 g/mol. The van der Waals surface area contributed by atoms with Gasteiger partial charge in [0.2, 0.25) is 0 Å². The van der Waals surface area contributed by atoms with E-state index in [1.807, 2.05) is 0 Å². The molecule has 0 N–H and O–H groups in total. The molecule has 3 heteroatoms. The summed E-state index contributed by atoms with van der Waals surface area (Å²) in [5.41, 5.74) is -0.689. The number of carbonyl (C=O) groups excluding carboxylic acids is 1. The molecule has 3 aliphatic rings. The molecule has 23 heavy (non-hydrogen) atoms. The van der Waals surface area contributed by atoms with Gasteiger partial charge >= 0.3 is 5.97 Å². The fourth-order valence-electron chi connectivity index (χ4n) is 4.17. The van der Waals surface area contributed by atoms with Crippen LogP contribution in [0.3, 0.4) is 0 Å². The Bertz CT molecular complexity index is 571. The van der Waals surface area contributed by atoms with Crippen LogP contribution >= 0.6 is 0 Å². The molecular formula is C20H27NO2. The molecule has 0 aromatic rings. The van der Waals surface area contributed by atoms with Crippen molar-refractivity contribution in [2.75, 3.05) is 14.2 Å². The van der Waals surface area contributed by atoms with E-state index in [0.29, 0.717) is 0 Å². The number of esters is 1. The summed E-state index contributed by atoms with van der Waals surface area (Å²) in [7, 11) is 3.54. The van der Waals surface area contributed by atoms with E-state index in [0.717, 1.165) is 32.1 Å². The predicted octanol–water partition coefficient (Wildman–Crippen LogP) is 3.79. The maximum atomic E-state index is 12.4. The molecule has 2 aliphatic carbocycles. The number of hydrogen-bond acceptors (Lipinski definition) is 3. The number of unbranched alkanes of at least 4 members (excludes halogenated alkanes) is 1. The molecule has 3 nitrogen and oxygen atoms in total. The number of carbonyl (C=O) groups is 1. The lowest BCUT2D eigenvalue weighted by molar-refractivity contribution is -0.175. The molecule has 0 radical (unpaired) electrons. The van der Waals surface area contributed by atoms with Crippen molar-refractivity contribution >= 4 is 5.97 Å². The standard InChI is InChI=1S/C20H27NO2/c1-4-5-11-20(17(22)23-3)16-19(21(20)2)14-12-18(13-15-19)9-7-6-8-10-18/h7-10,12-15H,4-6,11,16H2,1-3H3. The van der Waals surface area contributed by atoms with Crippen LogP contribution < -0.4 is 0 Å². The Labute approximate surface area is 139 Å². The molecule has 0 aromatic carbocycles. The van der Waals surface area contributed by atoms with Crippen LogP contribution in [0.25, 0.3) is 0 Å². The molecular weight excluding hydrogens is 286 g/mol. The number of rotatable bonds is 4. The molecule has 0 bridgehead atoms. The quantitative estimate of drug-likeness (QED) is 0.584. The first-order chi connectivity index (χ1) is 11.0. The van der Waals surface area contributed by atoms with Crippen molar-refractivity contribution in [2.45, 2.75) is 50.1 Å². The zero-order valence-corrected chi connectivity index (χ0v) is 14.4. The molecule has 1 atom stereocenters. The van der Waals surface area contributed by atoms with Crippen molar-refractivity contribution in [3.05, 3.63) is 48.6 Å². The van der Waals surface area contributed by atoms with Gasteiger partial charge in [-0.05, 0) is 19.9 Å². The molecule has 1 fully saturated rings. The van der Waals surface area contributed by atoms with Gasteiger partial charge in [0.15, 0.2) is 0 Å². The molecule has 3 rings (SSSR count). The molecule has 0 saturated carbocycles. The summed E-state index contributed by atoms with van der Waals surface area (Å²) in [5, 5.41) is 0. The number of nitrogens with zero attached hydrogens (tertiary/aromatic N) is 1. The summed E-state index contributed by atoms with van der Waals surface area (Å²) < 4.78 is 5.12. The average Bonchev–Trinajstić information content (AvgIpc) is 2.60. The van der Waals surface area contributed by atoms with Crippen LogP contribution in [0.4, 0.5) is 0 Å². The summed E-state index contributed by atoms with van der Waals surface area (Å²) in [6, 6.07) is 0. The number of likely N-dealkylation sites (tertiary alicyclic amines) is 1. The van der Waals surface area contributed by atoms with Gasteiger partial charge in [0.1, 0.15) is 5.54 Å². The van der Waals surface area contributed by atoms with E-state index in [1.54, 1.807) is 0 Å². The van der Waals surface area contributed by atoms with Crippen molar-refractivity contribution < 1.29 is 9.53 Å². The Morgan fingerprint density at radius 3 is 2.30 bits per heavy atom. The summed E-state index contributed by atoms with van der Waals surface area (Å²) in [6.45, 7) is 2.16. The van der Waals surface area contributed by atoms with E-state index < -0.39 is 5.54 Å².